The van der Waals surface area contributed by atoms with Gasteiger partial charge in [-0.1, -0.05) is 25.1 Å². The van der Waals surface area contributed by atoms with Gasteiger partial charge in [-0.15, -0.1) is 0 Å². The molecule has 1 aliphatic rings. The van der Waals surface area contributed by atoms with Gasteiger partial charge in [-0.3, -0.25) is 4.79 Å². The van der Waals surface area contributed by atoms with Gasteiger partial charge < -0.3 is 19.9 Å². The van der Waals surface area contributed by atoms with Crippen molar-refractivity contribution in [3.05, 3.63) is 48.5 Å². The molecule has 0 spiro atoms. The first-order valence-electron chi connectivity index (χ1n) is 10.9. The number of nitrogens with two attached hydrogens (primary N) is 1. The second-order valence-corrected chi connectivity index (χ2v) is 9.42. The molecule has 2 aromatic carbocycles. The molecule has 9 heteroatoms. The molecule has 1 aliphatic heterocycles. The number of primary sulfonamides is 1. The Morgan fingerprint density at radius 1 is 1.19 bits per heavy atom. The molecule has 32 heavy (non-hydrogen) atoms. The molecule has 0 atom stereocenters. The van der Waals surface area contributed by atoms with Gasteiger partial charge in [0.05, 0.1) is 17.7 Å². The van der Waals surface area contributed by atoms with Crippen LogP contribution in [0.1, 0.15) is 26.2 Å². The SMILES string of the molecule is CCC(=O)N(c1ccccc1)C1CCN(CCNc2cc(S(N)(=O)=O)ccc2OC)CC1. The van der Waals surface area contributed by atoms with E-state index in [9.17, 15) is 13.2 Å². The quantitative estimate of drug-likeness (QED) is 0.596. The third kappa shape index (κ3) is 5.99. The predicted octanol–water partition coefficient (Wildman–Crippen LogP) is 2.66. The molecule has 0 aromatic heterocycles. The fourth-order valence-corrected chi connectivity index (χ4v) is 4.61. The number of methoxy groups -OCH3 is 1. The molecule has 1 amide bonds. The lowest BCUT2D eigenvalue weighted by Gasteiger charge is -2.38. The summed E-state index contributed by atoms with van der Waals surface area (Å²) in [5.74, 6) is 0.714. The van der Waals surface area contributed by atoms with Crippen molar-refractivity contribution in [1.29, 1.82) is 0 Å². The van der Waals surface area contributed by atoms with Gasteiger partial charge in [-0.25, -0.2) is 13.6 Å². The topological polar surface area (TPSA) is 105 Å². The van der Waals surface area contributed by atoms with Crippen LogP contribution in [0.15, 0.2) is 53.4 Å². The van der Waals surface area contributed by atoms with Crippen molar-refractivity contribution in [3.8, 4) is 5.75 Å². The molecule has 3 N–H and O–H groups in total. The van der Waals surface area contributed by atoms with Crippen LogP contribution in [0, 0.1) is 0 Å². The fourth-order valence-electron chi connectivity index (χ4n) is 4.07. The van der Waals surface area contributed by atoms with E-state index < -0.39 is 10.0 Å². The molecule has 8 nitrogen and oxygen atoms in total. The molecule has 0 radical (unpaired) electrons. The number of benzene rings is 2. The van der Waals surface area contributed by atoms with Crippen LogP contribution in [0.2, 0.25) is 0 Å². The molecular weight excluding hydrogens is 428 g/mol. The number of nitrogens with one attached hydrogen (secondary N) is 1. The summed E-state index contributed by atoms with van der Waals surface area (Å²) in [6, 6.07) is 14.6. The standard InChI is InChI=1S/C23H32N4O4S/c1-3-23(28)27(18-7-5-4-6-8-18)19-11-14-26(15-12-19)16-13-25-21-17-20(32(24,29)30)9-10-22(21)31-2/h4-10,17,19,25H,3,11-16H2,1-2H3,(H2,24,29,30). The summed E-state index contributed by atoms with van der Waals surface area (Å²) in [5, 5.41) is 8.50. The summed E-state index contributed by atoms with van der Waals surface area (Å²) in [5.41, 5.74) is 1.55. The molecule has 1 fully saturated rings. The minimum Gasteiger partial charge on any atom is -0.495 e. The Labute approximate surface area is 190 Å². The van der Waals surface area contributed by atoms with Gasteiger partial charge in [-0.2, -0.15) is 0 Å². The number of carbonyl (C=O) groups is 1. The van der Waals surface area contributed by atoms with E-state index in [-0.39, 0.29) is 16.8 Å². The number of para-hydroxylation sites is 1. The Hall–Kier alpha value is -2.62. The first-order valence-corrected chi connectivity index (χ1v) is 12.4. The van der Waals surface area contributed by atoms with Crippen LogP contribution in [-0.2, 0) is 14.8 Å². The minimum atomic E-state index is -3.78. The lowest BCUT2D eigenvalue weighted by Crippen LogP contribution is -2.48. The van der Waals surface area contributed by atoms with Gasteiger partial charge in [0.15, 0.2) is 0 Å². The number of rotatable bonds is 9. The van der Waals surface area contributed by atoms with E-state index >= 15 is 0 Å². The molecule has 1 saturated heterocycles. The number of ether oxygens (including phenoxy) is 1. The highest BCUT2D eigenvalue weighted by atomic mass is 32.2. The van der Waals surface area contributed by atoms with E-state index in [0.717, 1.165) is 38.2 Å². The summed E-state index contributed by atoms with van der Waals surface area (Å²) in [7, 11) is -2.24. The van der Waals surface area contributed by atoms with Crippen LogP contribution in [-0.4, -0.2) is 58.6 Å². The molecule has 1 heterocycles. The number of hydrogen-bond acceptors (Lipinski definition) is 6. The zero-order valence-electron chi connectivity index (χ0n) is 18.7. The van der Waals surface area contributed by atoms with Crippen LogP contribution in [0.5, 0.6) is 5.75 Å². The van der Waals surface area contributed by atoms with Gasteiger partial charge in [-0.05, 0) is 43.2 Å². The summed E-state index contributed by atoms with van der Waals surface area (Å²) in [6.07, 6.45) is 2.30. The van der Waals surface area contributed by atoms with Crippen molar-refractivity contribution >= 4 is 27.3 Å². The molecule has 0 unspecified atom stereocenters. The summed E-state index contributed by atoms with van der Waals surface area (Å²) in [4.78, 5) is 17.0. The van der Waals surface area contributed by atoms with Crippen LogP contribution >= 0.6 is 0 Å². The molecular formula is C23H32N4O4S. The van der Waals surface area contributed by atoms with Gasteiger partial charge in [0.1, 0.15) is 5.75 Å². The van der Waals surface area contributed by atoms with Crippen molar-refractivity contribution in [2.24, 2.45) is 5.14 Å². The molecule has 0 saturated carbocycles. The van der Waals surface area contributed by atoms with Crippen LogP contribution in [0.3, 0.4) is 0 Å². The van der Waals surface area contributed by atoms with Gasteiger partial charge in [0.25, 0.3) is 0 Å². The van der Waals surface area contributed by atoms with Crippen LogP contribution in [0.4, 0.5) is 11.4 Å². The number of carbonyl (C=O) groups excluding carboxylic acids is 1. The lowest BCUT2D eigenvalue weighted by atomic mass is 10.0. The minimum absolute atomic E-state index is 0.0446. The van der Waals surface area contributed by atoms with Crippen molar-refractivity contribution in [1.82, 2.24) is 4.90 Å². The van der Waals surface area contributed by atoms with E-state index in [1.807, 2.05) is 42.2 Å². The molecule has 174 valence electrons. The Balaban J connectivity index is 1.56. The van der Waals surface area contributed by atoms with Crippen molar-refractivity contribution < 1.29 is 17.9 Å². The van der Waals surface area contributed by atoms with E-state index in [0.29, 0.717) is 24.4 Å². The number of likely N-dealkylation sites (tertiary alicyclic amines) is 1. The Kier molecular flexibility index (Phi) is 8.11. The normalized spacial score (nSPS) is 15.3. The van der Waals surface area contributed by atoms with E-state index in [2.05, 4.69) is 10.2 Å². The first-order chi connectivity index (χ1) is 15.3. The third-order valence-corrected chi connectivity index (χ3v) is 6.68. The van der Waals surface area contributed by atoms with Crippen molar-refractivity contribution in [3.63, 3.8) is 0 Å². The Bertz CT molecular complexity index is 1010. The second-order valence-electron chi connectivity index (χ2n) is 7.86. The fraction of sp³-hybridized carbons (Fsp3) is 0.435. The van der Waals surface area contributed by atoms with Gasteiger partial charge in [0.2, 0.25) is 15.9 Å². The molecule has 2 aromatic rings. The smallest absolute Gasteiger partial charge is 0.238 e. The maximum atomic E-state index is 12.6. The number of sulfonamides is 1. The average molecular weight is 461 g/mol. The van der Waals surface area contributed by atoms with Crippen molar-refractivity contribution in [2.45, 2.75) is 37.1 Å². The number of amides is 1. The molecule has 3 rings (SSSR count). The lowest BCUT2D eigenvalue weighted by molar-refractivity contribution is -0.119. The zero-order chi connectivity index (χ0) is 23.1. The maximum absolute atomic E-state index is 12.6. The highest BCUT2D eigenvalue weighted by molar-refractivity contribution is 7.89. The van der Waals surface area contributed by atoms with Crippen LogP contribution in [0.25, 0.3) is 0 Å². The third-order valence-electron chi connectivity index (χ3n) is 5.77. The monoisotopic (exact) mass is 460 g/mol. The average Bonchev–Trinajstić information content (AvgIpc) is 2.80. The summed E-state index contributed by atoms with van der Waals surface area (Å²) >= 11 is 0. The Morgan fingerprint density at radius 2 is 1.88 bits per heavy atom. The number of anilines is 2. The Morgan fingerprint density at radius 3 is 2.47 bits per heavy atom. The molecule has 0 bridgehead atoms. The first kappa shape index (κ1) is 24.0. The van der Waals surface area contributed by atoms with E-state index in [1.54, 1.807) is 6.07 Å². The zero-order valence-corrected chi connectivity index (χ0v) is 19.5. The predicted molar refractivity (Wildman–Crippen MR) is 127 cm³/mol. The van der Waals surface area contributed by atoms with E-state index in [1.165, 1.54) is 19.2 Å². The highest BCUT2D eigenvalue weighted by Crippen LogP contribution is 2.27. The van der Waals surface area contributed by atoms with E-state index in [4.69, 9.17) is 9.88 Å². The largest absolute Gasteiger partial charge is 0.495 e. The highest BCUT2D eigenvalue weighted by Gasteiger charge is 2.28. The number of nitrogens with zero attached hydrogens (tertiary/aromatic N) is 2. The summed E-state index contributed by atoms with van der Waals surface area (Å²) in [6.45, 7) is 5.11. The molecule has 0 aliphatic carbocycles. The summed E-state index contributed by atoms with van der Waals surface area (Å²) < 4.78 is 28.6. The van der Waals surface area contributed by atoms with Crippen LogP contribution < -0.4 is 20.1 Å². The second kappa shape index (κ2) is 10.8. The number of piperidine rings is 1. The maximum Gasteiger partial charge on any atom is 0.238 e. The van der Waals surface area contributed by atoms with Gasteiger partial charge in [0, 0.05) is 44.3 Å². The van der Waals surface area contributed by atoms with Gasteiger partial charge >= 0.3 is 0 Å². The van der Waals surface area contributed by atoms with Crippen molar-refractivity contribution in [2.75, 3.05) is 43.5 Å². The number of hydrogen-bond donors (Lipinski definition) is 2.